The minimum atomic E-state index is -0.664. The van der Waals surface area contributed by atoms with Gasteiger partial charge in [-0.15, -0.1) is 0 Å². The zero-order chi connectivity index (χ0) is 28.7. The minimum absolute atomic E-state index is 0.240. The predicted molar refractivity (Wildman–Crippen MR) is 159 cm³/mol. The molecule has 3 heterocycles. The number of carbonyl (C=O) groups excluding carboxylic acids is 1. The van der Waals surface area contributed by atoms with Gasteiger partial charge in [-0.1, -0.05) is 78.1 Å². The summed E-state index contributed by atoms with van der Waals surface area (Å²) >= 11 is 1.28. The second kappa shape index (κ2) is 10.8. The van der Waals surface area contributed by atoms with E-state index in [1.807, 2.05) is 77.5 Å². The third-order valence-electron chi connectivity index (χ3n) is 7.10. The SMILES string of the molecule is CC1=C(C(=O)OC(C)C)C(c2ccccc2)n2c(sc(=Cc3cn(Cc4ccccc4F)c4ccccc34)c2=O)=N1. The highest BCUT2D eigenvalue weighted by Crippen LogP contribution is 2.31. The van der Waals surface area contributed by atoms with Crippen LogP contribution in [0.1, 0.15) is 43.5 Å². The van der Waals surface area contributed by atoms with Gasteiger partial charge in [-0.2, -0.15) is 0 Å². The van der Waals surface area contributed by atoms with Crippen molar-refractivity contribution in [1.29, 1.82) is 0 Å². The highest BCUT2D eigenvalue weighted by Gasteiger charge is 2.33. The van der Waals surface area contributed by atoms with Crippen molar-refractivity contribution in [2.24, 2.45) is 4.99 Å². The molecule has 2 aromatic heterocycles. The molecule has 41 heavy (non-hydrogen) atoms. The Balaban J connectivity index is 1.51. The quantitative estimate of drug-likeness (QED) is 0.262. The number of nitrogens with zero attached hydrogens (tertiary/aromatic N) is 3. The van der Waals surface area contributed by atoms with Crippen LogP contribution >= 0.6 is 11.3 Å². The first-order chi connectivity index (χ1) is 19.8. The zero-order valence-electron chi connectivity index (χ0n) is 22.9. The van der Waals surface area contributed by atoms with Crippen molar-refractivity contribution in [2.45, 2.75) is 39.5 Å². The number of aromatic nitrogens is 2. The number of hydrogen-bond donors (Lipinski definition) is 0. The largest absolute Gasteiger partial charge is 0.459 e. The molecule has 1 aliphatic rings. The van der Waals surface area contributed by atoms with Crippen molar-refractivity contribution in [3.05, 3.63) is 139 Å². The van der Waals surface area contributed by atoms with E-state index >= 15 is 0 Å². The number of hydrogen-bond acceptors (Lipinski definition) is 5. The third kappa shape index (κ3) is 4.95. The molecule has 0 fully saturated rings. The number of carbonyl (C=O) groups is 1. The van der Waals surface area contributed by atoms with Gasteiger partial charge in [0.25, 0.3) is 5.56 Å². The van der Waals surface area contributed by atoms with Crippen molar-refractivity contribution in [3.63, 3.8) is 0 Å². The van der Waals surface area contributed by atoms with Gasteiger partial charge in [0.15, 0.2) is 4.80 Å². The van der Waals surface area contributed by atoms with E-state index in [0.29, 0.717) is 32.7 Å². The van der Waals surface area contributed by atoms with Gasteiger partial charge >= 0.3 is 5.97 Å². The Morgan fingerprint density at radius 2 is 1.76 bits per heavy atom. The highest BCUT2D eigenvalue weighted by atomic mass is 32.1. The summed E-state index contributed by atoms with van der Waals surface area (Å²) in [5.74, 6) is -0.746. The van der Waals surface area contributed by atoms with Crippen molar-refractivity contribution in [1.82, 2.24) is 9.13 Å². The number of thiazole rings is 1. The van der Waals surface area contributed by atoms with Crippen LogP contribution in [0.4, 0.5) is 4.39 Å². The van der Waals surface area contributed by atoms with Crippen LogP contribution in [0.3, 0.4) is 0 Å². The zero-order valence-corrected chi connectivity index (χ0v) is 23.7. The summed E-state index contributed by atoms with van der Waals surface area (Å²) in [5.41, 5.74) is 3.80. The van der Waals surface area contributed by atoms with E-state index in [9.17, 15) is 14.0 Å². The van der Waals surface area contributed by atoms with Crippen LogP contribution in [-0.4, -0.2) is 21.2 Å². The number of para-hydroxylation sites is 1. The summed E-state index contributed by atoms with van der Waals surface area (Å²) in [6.45, 7) is 5.73. The van der Waals surface area contributed by atoms with Crippen molar-refractivity contribution in [3.8, 4) is 0 Å². The molecule has 3 aromatic carbocycles. The summed E-state index contributed by atoms with van der Waals surface area (Å²) < 4.78 is 24.1. The molecular formula is C33H28FN3O3S. The van der Waals surface area contributed by atoms with Crippen LogP contribution in [-0.2, 0) is 16.1 Å². The minimum Gasteiger partial charge on any atom is -0.459 e. The summed E-state index contributed by atoms with van der Waals surface area (Å²) in [5, 5.41) is 0.951. The lowest BCUT2D eigenvalue weighted by Gasteiger charge is -2.25. The Morgan fingerprint density at radius 3 is 2.51 bits per heavy atom. The molecule has 1 unspecified atom stereocenters. The topological polar surface area (TPSA) is 65.6 Å². The molecule has 8 heteroatoms. The Hall–Kier alpha value is -4.56. The van der Waals surface area contributed by atoms with Crippen LogP contribution in [0.2, 0.25) is 0 Å². The summed E-state index contributed by atoms with van der Waals surface area (Å²) in [7, 11) is 0. The van der Waals surface area contributed by atoms with E-state index < -0.39 is 12.0 Å². The maximum atomic E-state index is 14.5. The van der Waals surface area contributed by atoms with Crippen molar-refractivity contribution in [2.75, 3.05) is 0 Å². The molecule has 206 valence electrons. The van der Waals surface area contributed by atoms with Gasteiger partial charge in [0, 0.05) is 28.2 Å². The van der Waals surface area contributed by atoms with Crippen LogP contribution in [0.15, 0.2) is 106 Å². The average molecular weight is 566 g/mol. The number of rotatable bonds is 6. The van der Waals surface area contributed by atoms with Crippen LogP contribution in [0.5, 0.6) is 0 Å². The molecule has 0 spiro atoms. The lowest BCUT2D eigenvalue weighted by Crippen LogP contribution is -2.40. The van der Waals surface area contributed by atoms with Gasteiger partial charge < -0.3 is 9.30 Å². The fraction of sp³-hybridized carbons (Fsp3) is 0.182. The number of fused-ring (bicyclic) bond motifs is 2. The van der Waals surface area contributed by atoms with Gasteiger partial charge in [0.1, 0.15) is 5.82 Å². The fourth-order valence-corrected chi connectivity index (χ4v) is 6.32. The number of halogens is 1. The van der Waals surface area contributed by atoms with Gasteiger partial charge in [0.05, 0.1) is 34.5 Å². The predicted octanol–water partition coefficient (Wildman–Crippen LogP) is 5.33. The first-order valence-corrected chi connectivity index (χ1v) is 14.2. The molecule has 0 amide bonds. The van der Waals surface area contributed by atoms with Gasteiger partial charge in [-0.05, 0) is 44.5 Å². The molecule has 0 N–H and O–H groups in total. The Morgan fingerprint density at radius 1 is 1.05 bits per heavy atom. The standard InChI is InChI=1S/C33H28FN3O3S/c1-20(2)40-32(39)29-21(3)35-33-37(30(29)22-11-5-4-6-12-22)31(38)28(41-33)17-24-19-36(27-16-10-8-14-25(24)27)18-23-13-7-9-15-26(23)34/h4-17,19-20,30H,18H2,1-3H3. The van der Waals surface area contributed by atoms with Gasteiger partial charge in [-0.3, -0.25) is 9.36 Å². The molecule has 6 nitrogen and oxygen atoms in total. The lowest BCUT2D eigenvalue weighted by atomic mass is 9.96. The lowest BCUT2D eigenvalue weighted by molar-refractivity contribution is -0.143. The van der Waals surface area contributed by atoms with Crippen molar-refractivity contribution < 1.29 is 13.9 Å². The molecule has 0 saturated carbocycles. The molecule has 0 saturated heterocycles. The van der Waals surface area contributed by atoms with Gasteiger partial charge in [-0.25, -0.2) is 14.2 Å². The smallest absolute Gasteiger partial charge is 0.338 e. The molecule has 0 radical (unpaired) electrons. The van der Waals surface area contributed by atoms with Crippen LogP contribution in [0, 0.1) is 5.82 Å². The Kier molecular flexibility index (Phi) is 7.01. The normalized spacial score (nSPS) is 15.3. The number of esters is 1. The van der Waals surface area contributed by atoms with E-state index in [-0.39, 0.29) is 17.5 Å². The second-order valence-electron chi connectivity index (χ2n) is 10.3. The van der Waals surface area contributed by atoms with Crippen molar-refractivity contribution >= 4 is 34.3 Å². The Bertz CT molecular complexity index is 2000. The molecule has 0 aliphatic carbocycles. The monoisotopic (exact) mass is 565 g/mol. The molecule has 1 aliphatic heterocycles. The first kappa shape index (κ1) is 26.7. The van der Waals surface area contributed by atoms with Gasteiger partial charge in [0.2, 0.25) is 0 Å². The second-order valence-corrected chi connectivity index (χ2v) is 11.3. The number of allylic oxidation sites excluding steroid dienone is 1. The van der Waals surface area contributed by atoms with Crippen LogP contribution < -0.4 is 14.9 Å². The molecule has 1 atom stereocenters. The maximum Gasteiger partial charge on any atom is 0.338 e. The van der Waals surface area contributed by atoms with E-state index in [1.54, 1.807) is 37.5 Å². The number of benzene rings is 3. The van der Waals surface area contributed by atoms with E-state index in [1.165, 1.54) is 17.4 Å². The summed E-state index contributed by atoms with van der Waals surface area (Å²) in [6, 6.07) is 23.4. The number of ether oxygens (including phenoxy) is 1. The molecule has 5 aromatic rings. The first-order valence-electron chi connectivity index (χ1n) is 13.4. The fourth-order valence-electron chi connectivity index (χ4n) is 5.28. The van der Waals surface area contributed by atoms with E-state index in [4.69, 9.17) is 4.74 Å². The Labute approximate surface area is 240 Å². The summed E-state index contributed by atoms with van der Waals surface area (Å²) in [6.07, 6.45) is 3.49. The summed E-state index contributed by atoms with van der Waals surface area (Å²) in [4.78, 5) is 32.5. The highest BCUT2D eigenvalue weighted by molar-refractivity contribution is 7.07. The van der Waals surface area contributed by atoms with Crippen LogP contribution in [0.25, 0.3) is 17.0 Å². The molecular weight excluding hydrogens is 537 g/mol. The average Bonchev–Trinajstić information content (AvgIpc) is 3.45. The van der Waals surface area contributed by atoms with E-state index in [2.05, 4.69) is 4.99 Å². The maximum absolute atomic E-state index is 14.5. The molecule has 6 rings (SSSR count). The van der Waals surface area contributed by atoms with E-state index in [0.717, 1.165) is 22.0 Å². The molecule has 0 bridgehead atoms. The third-order valence-corrected chi connectivity index (χ3v) is 8.09.